The average Bonchev–Trinajstić information content (AvgIpc) is 2.74. The fourth-order valence-electron chi connectivity index (χ4n) is 3.60. The van der Waals surface area contributed by atoms with Crippen LogP contribution in [0.4, 0.5) is 11.4 Å². The van der Waals surface area contributed by atoms with E-state index >= 15 is 0 Å². The van der Waals surface area contributed by atoms with E-state index in [0.29, 0.717) is 0 Å². The molecule has 4 aromatic carbocycles. The van der Waals surface area contributed by atoms with Gasteiger partial charge in [0.1, 0.15) is 0 Å². The second-order valence-corrected chi connectivity index (χ2v) is 7.10. The quantitative estimate of drug-likeness (QED) is 0.324. The number of nitrogens with zero attached hydrogens (tertiary/aromatic N) is 1. The van der Waals surface area contributed by atoms with Gasteiger partial charge in [-0.15, -0.1) is 0 Å². The van der Waals surface area contributed by atoms with Crippen molar-refractivity contribution in [1.29, 1.82) is 0 Å². The number of benzene rings is 4. The molecule has 0 saturated heterocycles. The van der Waals surface area contributed by atoms with Crippen molar-refractivity contribution in [3.63, 3.8) is 0 Å². The highest BCUT2D eigenvalue weighted by atomic mass is 15.4. The molecule has 4 rings (SSSR count). The third-order valence-corrected chi connectivity index (χ3v) is 5.14. The molecule has 0 saturated carbocycles. The number of hydrazine groups is 1. The van der Waals surface area contributed by atoms with E-state index in [0.717, 1.165) is 22.5 Å². The van der Waals surface area contributed by atoms with Gasteiger partial charge in [0.15, 0.2) is 0 Å². The van der Waals surface area contributed by atoms with Crippen LogP contribution >= 0.6 is 0 Å². The Hall–Kier alpha value is -3.36. The van der Waals surface area contributed by atoms with E-state index in [-0.39, 0.29) is 0 Å². The monoisotopic (exact) mass is 364 g/mol. The molecule has 0 heterocycles. The van der Waals surface area contributed by atoms with E-state index in [9.17, 15) is 0 Å². The van der Waals surface area contributed by atoms with Gasteiger partial charge in [-0.25, -0.2) is 5.84 Å². The maximum absolute atomic E-state index is 6.52. The summed E-state index contributed by atoms with van der Waals surface area (Å²) in [7, 11) is 0. The van der Waals surface area contributed by atoms with Gasteiger partial charge in [0, 0.05) is 0 Å². The van der Waals surface area contributed by atoms with Crippen molar-refractivity contribution in [2.45, 2.75) is 13.8 Å². The lowest BCUT2D eigenvalue weighted by molar-refractivity contribution is 1.07. The van der Waals surface area contributed by atoms with Gasteiger partial charge in [-0.2, -0.15) is 0 Å². The summed E-state index contributed by atoms with van der Waals surface area (Å²) in [6.07, 6.45) is 0. The summed E-state index contributed by atoms with van der Waals surface area (Å²) in [5.74, 6) is 6.52. The van der Waals surface area contributed by atoms with E-state index in [1.165, 1.54) is 22.3 Å². The molecule has 0 radical (unpaired) electrons. The number of nitrogens with two attached hydrogens (primary N) is 1. The Morgan fingerprint density at radius 1 is 0.571 bits per heavy atom. The van der Waals surface area contributed by atoms with Crippen LogP contribution < -0.4 is 10.9 Å². The van der Waals surface area contributed by atoms with Gasteiger partial charge >= 0.3 is 0 Å². The van der Waals surface area contributed by atoms with Crippen molar-refractivity contribution in [1.82, 2.24) is 0 Å². The molecule has 2 nitrogen and oxygen atoms in total. The van der Waals surface area contributed by atoms with Gasteiger partial charge in [-0.05, 0) is 71.5 Å². The lowest BCUT2D eigenvalue weighted by Crippen LogP contribution is -2.25. The first-order valence-electron chi connectivity index (χ1n) is 9.50. The number of hydrogen-bond acceptors (Lipinski definition) is 2. The molecular formula is C26H24N2. The van der Waals surface area contributed by atoms with Crippen LogP contribution in [0.5, 0.6) is 0 Å². The first-order chi connectivity index (χ1) is 13.6. The Balaban J connectivity index is 1.67. The Morgan fingerprint density at radius 3 is 2.04 bits per heavy atom. The standard InChI is InChI=1S/C26H24N2/c1-19-9-6-7-14-25(19)23-15-16-26(20(2)17-23)28(27)24-13-8-12-22(18-24)21-10-4-3-5-11-21/h3-18H,27H2,1-2H3. The Labute approximate surface area is 166 Å². The van der Waals surface area contributed by atoms with Crippen molar-refractivity contribution in [3.8, 4) is 22.3 Å². The van der Waals surface area contributed by atoms with E-state index in [1.807, 2.05) is 12.1 Å². The molecule has 2 heteroatoms. The van der Waals surface area contributed by atoms with Crippen LogP contribution in [0.1, 0.15) is 11.1 Å². The van der Waals surface area contributed by atoms with Crippen LogP contribution in [0.3, 0.4) is 0 Å². The summed E-state index contributed by atoms with van der Waals surface area (Å²) in [5.41, 5.74) is 9.20. The molecule has 28 heavy (non-hydrogen) atoms. The fraction of sp³-hybridized carbons (Fsp3) is 0.0769. The van der Waals surface area contributed by atoms with Gasteiger partial charge in [0.2, 0.25) is 0 Å². The molecule has 0 atom stereocenters. The van der Waals surface area contributed by atoms with Crippen molar-refractivity contribution in [2.75, 3.05) is 5.01 Å². The third-order valence-electron chi connectivity index (χ3n) is 5.14. The zero-order valence-electron chi connectivity index (χ0n) is 16.3. The highest BCUT2D eigenvalue weighted by molar-refractivity contribution is 5.76. The van der Waals surface area contributed by atoms with Gasteiger partial charge in [0.05, 0.1) is 11.4 Å². The van der Waals surface area contributed by atoms with Crippen molar-refractivity contribution in [3.05, 3.63) is 108 Å². The highest BCUT2D eigenvalue weighted by Crippen LogP contribution is 2.32. The van der Waals surface area contributed by atoms with E-state index in [1.54, 1.807) is 5.01 Å². The Kier molecular flexibility index (Phi) is 4.96. The molecule has 0 aromatic heterocycles. The number of rotatable bonds is 4. The maximum Gasteiger partial charge on any atom is 0.0604 e. The lowest BCUT2D eigenvalue weighted by Gasteiger charge is -2.22. The van der Waals surface area contributed by atoms with E-state index in [2.05, 4.69) is 98.8 Å². The van der Waals surface area contributed by atoms with E-state index in [4.69, 9.17) is 5.84 Å². The van der Waals surface area contributed by atoms with Crippen LogP contribution in [-0.2, 0) is 0 Å². The van der Waals surface area contributed by atoms with Crippen LogP contribution in [0.25, 0.3) is 22.3 Å². The van der Waals surface area contributed by atoms with Gasteiger partial charge in [-0.3, -0.25) is 5.01 Å². The van der Waals surface area contributed by atoms with Crippen LogP contribution in [0.15, 0.2) is 97.1 Å². The van der Waals surface area contributed by atoms with Gasteiger partial charge in [-0.1, -0.05) is 72.8 Å². The molecule has 0 bridgehead atoms. The first kappa shape index (κ1) is 18.0. The fourth-order valence-corrected chi connectivity index (χ4v) is 3.60. The molecule has 0 aliphatic carbocycles. The zero-order chi connectivity index (χ0) is 19.5. The Morgan fingerprint density at radius 2 is 1.29 bits per heavy atom. The molecule has 4 aromatic rings. The van der Waals surface area contributed by atoms with Crippen molar-refractivity contribution in [2.24, 2.45) is 5.84 Å². The predicted octanol–water partition coefficient (Wildman–Crippen LogP) is 6.65. The molecule has 138 valence electrons. The second kappa shape index (κ2) is 7.71. The summed E-state index contributed by atoms with van der Waals surface area (Å²) in [5, 5.41) is 1.77. The molecule has 2 N–H and O–H groups in total. The number of hydrogen-bond donors (Lipinski definition) is 1. The van der Waals surface area contributed by atoms with Crippen LogP contribution in [-0.4, -0.2) is 0 Å². The Bertz CT molecular complexity index is 1100. The topological polar surface area (TPSA) is 29.3 Å². The molecule has 0 aliphatic rings. The summed E-state index contributed by atoms with van der Waals surface area (Å²) in [6.45, 7) is 4.25. The van der Waals surface area contributed by atoms with Gasteiger partial charge < -0.3 is 0 Å². The highest BCUT2D eigenvalue weighted by Gasteiger charge is 2.11. The minimum atomic E-state index is 0.966. The van der Waals surface area contributed by atoms with Crippen molar-refractivity contribution >= 4 is 11.4 Å². The van der Waals surface area contributed by atoms with Crippen LogP contribution in [0.2, 0.25) is 0 Å². The SMILES string of the molecule is Cc1ccccc1-c1ccc(N(N)c2cccc(-c3ccccc3)c2)c(C)c1. The van der Waals surface area contributed by atoms with E-state index < -0.39 is 0 Å². The number of aryl methyl sites for hydroxylation is 2. The first-order valence-corrected chi connectivity index (χ1v) is 9.50. The average molecular weight is 364 g/mol. The lowest BCUT2D eigenvalue weighted by atomic mass is 9.98. The molecule has 0 unspecified atom stereocenters. The summed E-state index contributed by atoms with van der Waals surface area (Å²) >= 11 is 0. The second-order valence-electron chi connectivity index (χ2n) is 7.10. The molecule has 0 spiro atoms. The van der Waals surface area contributed by atoms with Crippen molar-refractivity contribution < 1.29 is 0 Å². The third kappa shape index (κ3) is 3.55. The van der Waals surface area contributed by atoms with Crippen LogP contribution in [0, 0.1) is 13.8 Å². The number of anilines is 2. The molecular weight excluding hydrogens is 340 g/mol. The zero-order valence-corrected chi connectivity index (χ0v) is 16.3. The predicted molar refractivity (Wildman–Crippen MR) is 120 cm³/mol. The normalized spacial score (nSPS) is 10.7. The molecule has 0 amide bonds. The summed E-state index contributed by atoms with van der Waals surface area (Å²) in [6, 6.07) is 33.6. The smallest absolute Gasteiger partial charge is 0.0604 e. The minimum absolute atomic E-state index is 0.966. The summed E-state index contributed by atoms with van der Waals surface area (Å²) in [4.78, 5) is 0. The largest absolute Gasteiger partial charge is 0.279 e. The maximum atomic E-state index is 6.52. The minimum Gasteiger partial charge on any atom is -0.279 e. The summed E-state index contributed by atoms with van der Waals surface area (Å²) < 4.78 is 0. The van der Waals surface area contributed by atoms with Gasteiger partial charge in [0.25, 0.3) is 0 Å². The molecule has 0 fully saturated rings. The molecule has 0 aliphatic heterocycles.